The molecule has 2 N–H and O–H groups in total. The van der Waals surface area contributed by atoms with Gasteiger partial charge in [0.05, 0.1) is 0 Å². The molecule has 1 aromatic rings. The molecule has 0 atom stereocenters. The van der Waals surface area contributed by atoms with Crippen LogP contribution >= 0.6 is 0 Å². The molecule has 18 heavy (non-hydrogen) atoms. The van der Waals surface area contributed by atoms with E-state index in [2.05, 4.69) is 11.7 Å². The molecular weight excluding hydrogens is 258 g/mol. The summed E-state index contributed by atoms with van der Waals surface area (Å²) in [4.78, 5) is 0. The van der Waals surface area contributed by atoms with Crippen molar-refractivity contribution < 1.29 is 13.2 Å². The van der Waals surface area contributed by atoms with Gasteiger partial charge in [0.15, 0.2) is 5.69 Å². The first-order chi connectivity index (χ1) is 8.25. The monoisotopic (exact) mass is 271 g/mol. The number of rotatable bonds is 3. The minimum absolute atomic E-state index is 0.437. The van der Waals surface area contributed by atoms with Crippen LogP contribution in [0.15, 0.2) is 36.6 Å². The van der Waals surface area contributed by atoms with E-state index in [0.717, 1.165) is 6.07 Å². The van der Waals surface area contributed by atoms with Gasteiger partial charge in [-0.3, -0.25) is 4.68 Å². The summed E-state index contributed by atoms with van der Waals surface area (Å²) < 4.78 is 39.3. The second kappa shape index (κ2) is 5.46. The summed E-state index contributed by atoms with van der Waals surface area (Å²) >= 11 is 0.470. The third kappa shape index (κ3) is 3.52. The van der Waals surface area contributed by atoms with E-state index in [1.807, 2.05) is 0 Å². The molecule has 0 bridgehead atoms. The molecule has 0 saturated carbocycles. The number of hydrogen-bond donors (Lipinski definition) is 1. The second-order valence-corrected chi connectivity index (χ2v) is 4.78. The van der Waals surface area contributed by atoms with Crippen LogP contribution in [0.2, 0.25) is 0 Å². The molecule has 0 aliphatic rings. The summed E-state index contributed by atoms with van der Waals surface area (Å²) in [6.45, 7) is 5.15. The lowest BCUT2D eigenvalue weighted by Crippen LogP contribution is -2.16. The summed E-state index contributed by atoms with van der Waals surface area (Å²) in [5.41, 5.74) is 5.64. The van der Waals surface area contributed by atoms with E-state index >= 15 is 0 Å². The highest BCUT2D eigenvalue weighted by molar-refractivity contribution is 6.31. The third-order valence-electron chi connectivity index (χ3n) is 2.26. The van der Waals surface area contributed by atoms with Crippen LogP contribution in [0.4, 0.5) is 13.2 Å². The lowest BCUT2D eigenvalue weighted by molar-refractivity contribution is -0.141. The SMILES string of the molecule is C=C/C(N)=C\C=C(/C)n1nc(C(F)(F)F)c[c]1[AlH2]. The summed E-state index contributed by atoms with van der Waals surface area (Å²) in [6.07, 6.45) is 0.208. The zero-order chi connectivity index (χ0) is 13.9. The average molecular weight is 271 g/mol. The van der Waals surface area contributed by atoms with Gasteiger partial charge in [-0.1, -0.05) is 6.58 Å². The highest BCUT2D eigenvalue weighted by atomic mass is 27.0. The van der Waals surface area contributed by atoms with Gasteiger partial charge >= 0.3 is 6.18 Å². The molecule has 96 valence electrons. The van der Waals surface area contributed by atoms with Crippen molar-refractivity contribution in [2.45, 2.75) is 13.1 Å². The van der Waals surface area contributed by atoms with E-state index in [9.17, 15) is 13.2 Å². The molecule has 0 aliphatic carbocycles. The minimum atomic E-state index is -4.42. The van der Waals surface area contributed by atoms with E-state index in [0.29, 0.717) is 32.2 Å². The van der Waals surface area contributed by atoms with Crippen molar-refractivity contribution in [3.63, 3.8) is 0 Å². The van der Waals surface area contributed by atoms with Gasteiger partial charge in [0.25, 0.3) is 16.3 Å². The first-order valence-corrected chi connectivity index (χ1v) is 6.16. The largest absolute Gasteiger partial charge is 0.435 e. The number of allylic oxidation sites excluding steroid dienone is 4. The van der Waals surface area contributed by atoms with E-state index < -0.39 is 11.9 Å². The molecule has 0 radical (unpaired) electrons. The Morgan fingerprint density at radius 2 is 2.11 bits per heavy atom. The molecular formula is C11H13AlF3N3. The highest BCUT2D eigenvalue weighted by Crippen LogP contribution is 2.27. The number of nitrogens with zero attached hydrogens (tertiary/aromatic N) is 2. The standard InChI is InChI=1S/C11H11F3N3.Al.2H/c1-3-9(15)5-4-8(2)17-7-6-10(16-17)11(12,13)14;;;/h3-6H,1,15H2,2H3;;;/b8-4+,9-5+;;;. The Morgan fingerprint density at radius 3 is 2.56 bits per heavy atom. The number of halogens is 3. The maximum absolute atomic E-state index is 12.5. The average Bonchev–Trinajstić information content (AvgIpc) is 2.67. The predicted octanol–water partition coefficient (Wildman–Crippen LogP) is 1.05. The van der Waals surface area contributed by atoms with Crippen LogP contribution in [0.1, 0.15) is 12.6 Å². The molecule has 0 saturated heterocycles. The fourth-order valence-electron chi connectivity index (χ4n) is 1.33. The lowest BCUT2D eigenvalue weighted by atomic mass is 10.3. The Balaban J connectivity index is 3.11. The quantitative estimate of drug-likeness (QED) is 0.659. The molecule has 0 amide bonds. The van der Waals surface area contributed by atoms with Crippen molar-refractivity contribution >= 4 is 26.5 Å². The molecule has 0 spiro atoms. The molecule has 0 fully saturated rings. The van der Waals surface area contributed by atoms with E-state index in [-0.39, 0.29) is 0 Å². The fourth-order valence-corrected chi connectivity index (χ4v) is 2.05. The zero-order valence-corrected chi connectivity index (χ0v) is 12.1. The smallest absolute Gasteiger partial charge is 0.399 e. The Labute approximate surface area is 111 Å². The number of hydrogen-bond acceptors (Lipinski definition) is 2. The van der Waals surface area contributed by atoms with Gasteiger partial charge in [-0.25, -0.2) is 0 Å². The van der Waals surface area contributed by atoms with Crippen molar-refractivity contribution in [1.82, 2.24) is 9.78 Å². The second-order valence-electron chi connectivity index (χ2n) is 3.76. The normalized spacial score (nSPS) is 13.8. The first-order valence-electron chi connectivity index (χ1n) is 5.16. The van der Waals surface area contributed by atoms with Crippen molar-refractivity contribution in [3.8, 4) is 0 Å². The number of alkyl halides is 3. The van der Waals surface area contributed by atoms with Crippen LogP contribution < -0.4 is 10.3 Å². The molecule has 1 aromatic heterocycles. The van der Waals surface area contributed by atoms with Gasteiger partial charge in [-0.15, -0.1) is 0 Å². The Hall–Kier alpha value is -1.45. The topological polar surface area (TPSA) is 43.8 Å². The van der Waals surface area contributed by atoms with Gasteiger partial charge in [-0.2, -0.15) is 18.3 Å². The molecule has 0 unspecified atom stereocenters. The summed E-state index contributed by atoms with van der Waals surface area (Å²) in [5.74, 6) is 0. The van der Waals surface area contributed by atoms with Crippen molar-refractivity contribution in [2.24, 2.45) is 5.73 Å². The molecule has 0 aromatic carbocycles. The Kier molecular flexibility index (Phi) is 4.44. The van der Waals surface area contributed by atoms with E-state index in [1.54, 1.807) is 19.1 Å². The minimum Gasteiger partial charge on any atom is -0.399 e. The zero-order valence-electron chi connectivity index (χ0n) is 10.1. The molecule has 7 heteroatoms. The van der Waals surface area contributed by atoms with Crippen LogP contribution in [-0.4, -0.2) is 26.1 Å². The van der Waals surface area contributed by atoms with Crippen molar-refractivity contribution in [3.05, 3.63) is 42.3 Å². The molecule has 3 nitrogen and oxygen atoms in total. The van der Waals surface area contributed by atoms with Crippen LogP contribution in [-0.2, 0) is 6.18 Å². The van der Waals surface area contributed by atoms with Gasteiger partial charge < -0.3 is 5.73 Å². The van der Waals surface area contributed by atoms with E-state index in [1.165, 1.54) is 10.8 Å². The lowest BCUT2D eigenvalue weighted by Gasteiger charge is -2.04. The van der Waals surface area contributed by atoms with Crippen LogP contribution in [0, 0.1) is 0 Å². The van der Waals surface area contributed by atoms with Crippen LogP contribution in [0.5, 0.6) is 0 Å². The first kappa shape index (κ1) is 14.6. The fraction of sp³-hybridized carbons (Fsp3) is 0.182. The third-order valence-corrected chi connectivity index (χ3v) is 2.98. The van der Waals surface area contributed by atoms with Crippen molar-refractivity contribution in [1.29, 1.82) is 0 Å². The molecule has 1 heterocycles. The Bertz CT molecular complexity index is 512. The molecule has 1 rings (SSSR count). The maximum atomic E-state index is 12.5. The van der Waals surface area contributed by atoms with Gasteiger partial charge in [0, 0.05) is 11.4 Å². The summed E-state index contributed by atoms with van der Waals surface area (Å²) in [5, 5.41) is 3.55. The maximum Gasteiger partial charge on any atom is 0.435 e. The van der Waals surface area contributed by atoms with Crippen LogP contribution in [0.25, 0.3) is 5.70 Å². The number of aromatic nitrogens is 2. The summed E-state index contributed by atoms with van der Waals surface area (Å²) in [6, 6.07) is 1.06. The predicted molar refractivity (Wildman–Crippen MR) is 67.8 cm³/mol. The van der Waals surface area contributed by atoms with Gasteiger partial charge in [0.2, 0.25) is 0 Å². The Morgan fingerprint density at radius 1 is 1.50 bits per heavy atom. The number of nitrogens with two attached hydrogens (primary N) is 1. The van der Waals surface area contributed by atoms with Crippen LogP contribution in [0.3, 0.4) is 0 Å². The van der Waals surface area contributed by atoms with Gasteiger partial charge in [0.1, 0.15) is 0 Å². The molecule has 0 aliphatic heterocycles. The van der Waals surface area contributed by atoms with Gasteiger partial charge in [-0.05, 0) is 35.8 Å². The highest BCUT2D eigenvalue weighted by Gasteiger charge is 2.34. The summed E-state index contributed by atoms with van der Waals surface area (Å²) in [7, 11) is 0. The van der Waals surface area contributed by atoms with Crippen molar-refractivity contribution in [2.75, 3.05) is 0 Å². The van der Waals surface area contributed by atoms with E-state index in [4.69, 9.17) is 5.73 Å².